The van der Waals surface area contributed by atoms with Crippen molar-refractivity contribution in [2.75, 3.05) is 0 Å². The molecule has 0 spiro atoms. The minimum absolute atomic E-state index is 0.0118. The SMILES string of the molecule is NC(O)N(C(=O)NC12CCC(CC1)C2)C12CCC(CC1)C2. The van der Waals surface area contributed by atoms with Crippen molar-refractivity contribution in [1.82, 2.24) is 10.2 Å². The zero-order valence-corrected chi connectivity index (χ0v) is 12.7. The number of nitrogens with two attached hydrogens (primary N) is 1. The summed E-state index contributed by atoms with van der Waals surface area (Å²) in [6.45, 7) is 0. The van der Waals surface area contributed by atoms with Gasteiger partial charge in [0.25, 0.3) is 0 Å². The Morgan fingerprint density at radius 2 is 1.67 bits per heavy atom. The van der Waals surface area contributed by atoms with Gasteiger partial charge in [0.1, 0.15) is 0 Å². The first-order valence-electron chi connectivity index (χ1n) is 8.57. The van der Waals surface area contributed by atoms with Crippen LogP contribution in [-0.4, -0.2) is 33.5 Å². The zero-order chi connectivity index (χ0) is 14.7. The summed E-state index contributed by atoms with van der Waals surface area (Å²) in [6, 6.07) is -0.130. The molecular formula is C16H27N3O2. The number of aliphatic hydroxyl groups excluding tert-OH is 1. The van der Waals surface area contributed by atoms with Gasteiger partial charge in [-0.05, 0) is 76.0 Å². The van der Waals surface area contributed by atoms with Gasteiger partial charge in [-0.1, -0.05) is 0 Å². The second-order valence-corrected chi connectivity index (χ2v) is 8.01. The number of carbonyl (C=O) groups is 1. The van der Waals surface area contributed by atoms with Gasteiger partial charge in [-0.2, -0.15) is 0 Å². The van der Waals surface area contributed by atoms with Gasteiger partial charge in [0.15, 0.2) is 6.35 Å². The van der Waals surface area contributed by atoms with Crippen molar-refractivity contribution in [2.24, 2.45) is 17.6 Å². The van der Waals surface area contributed by atoms with Crippen molar-refractivity contribution >= 4 is 6.03 Å². The quantitative estimate of drug-likeness (QED) is 0.695. The molecule has 0 aromatic heterocycles. The maximum absolute atomic E-state index is 12.9. The summed E-state index contributed by atoms with van der Waals surface area (Å²) in [5.41, 5.74) is 5.59. The Morgan fingerprint density at radius 1 is 1.10 bits per heavy atom. The molecule has 4 rings (SSSR count). The van der Waals surface area contributed by atoms with Crippen LogP contribution >= 0.6 is 0 Å². The van der Waals surface area contributed by atoms with Crippen LogP contribution in [0.1, 0.15) is 64.2 Å². The minimum atomic E-state index is -1.18. The van der Waals surface area contributed by atoms with E-state index in [9.17, 15) is 9.90 Å². The van der Waals surface area contributed by atoms with Crippen molar-refractivity contribution in [2.45, 2.75) is 81.6 Å². The van der Waals surface area contributed by atoms with Crippen LogP contribution < -0.4 is 11.1 Å². The number of aliphatic hydroxyl groups is 1. The van der Waals surface area contributed by atoms with Crippen molar-refractivity contribution in [3.63, 3.8) is 0 Å². The van der Waals surface area contributed by atoms with E-state index in [0.29, 0.717) is 0 Å². The Morgan fingerprint density at radius 3 is 2.10 bits per heavy atom. The Hall–Kier alpha value is -0.810. The number of fused-ring (bicyclic) bond motifs is 4. The Bertz CT molecular complexity index is 435. The van der Waals surface area contributed by atoms with Gasteiger partial charge in [-0.3, -0.25) is 10.6 Å². The molecule has 1 atom stereocenters. The maximum atomic E-state index is 12.9. The maximum Gasteiger partial charge on any atom is 0.321 e. The fraction of sp³-hybridized carbons (Fsp3) is 0.938. The smallest absolute Gasteiger partial charge is 0.321 e. The predicted molar refractivity (Wildman–Crippen MR) is 79.2 cm³/mol. The van der Waals surface area contributed by atoms with Crippen LogP contribution in [0.2, 0.25) is 0 Å². The number of nitrogens with zero attached hydrogens (tertiary/aromatic N) is 1. The molecule has 0 aromatic carbocycles. The molecule has 0 aromatic rings. The van der Waals surface area contributed by atoms with Crippen LogP contribution in [0.25, 0.3) is 0 Å². The summed E-state index contributed by atoms with van der Waals surface area (Å²) in [5, 5.41) is 13.3. The van der Waals surface area contributed by atoms with E-state index in [1.54, 1.807) is 4.90 Å². The number of urea groups is 1. The van der Waals surface area contributed by atoms with Gasteiger partial charge in [-0.15, -0.1) is 0 Å². The van der Waals surface area contributed by atoms with Crippen LogP contribution in [-0.2, 0) is 0 Å². The molecule has 4 aliphatic carbocycles. The second kappa shape index (κ2) is 4.59. The van der Waals surface area contributed by atoms with Crippen LogP contribution in [0.4, 0.5) is 4.79 Å². The summed E-state index contributed by atoms with van der Waals surface area (Å²) in [5.74, 6) is 1.52. The molecule has 0 saturated heterocycles. The van der Waals surface area contributed by atoms with Crippen molar-refractivity contribution in [3.8, 4) is 0 Å². The molecule has 4 N–H and O–H groups in total. The largest absolute Gasteiger partial charge is 0.361 e. The molecular weight excluding hydrogens is 266 g/mol. The minimum Gasteiger partial charge on any atom is -0.361 e. The highest BCUT2D eigenvalue weighted by atomic mass is 16.3. The number of rotatable bonds is 3. The Balaban J connectivity index is 1.53. The fourth-order valence-corrected chi connectivity index (χ4v) is 5.77. The number of carbonyl (C=O) groups excluding carboxylic acids is 1. The molecule has 4 saturated carbocycles. The molecule has 118 valence electrons. The van der Waals surface area contributed by atoms with Crippen LogP contribution in [0.3, 0.4) is 0 Å². The molecule has 4 bridgehead atoms. The highest BCUT2D eigenvalue weighted by Gasteiger charge is 2.53. The van der Waals surface area contributed by atoms with E-state index in [1.165, 1.54) is 25.7 Å². The monoisotopic (exact) mass is 293 g/mol. The highest BCUT2D eigenvalue weighted by Crippen LogP contribution is 2.52. The first-order chi connectivity index (χ1) is 10.0. The van der Waals surface area contributed by atoms with E-state index in [2.05, 4.69) is 5.32 Å². The lowest BCUT2D eigenvalue weighted by molar-refractivity contribution is -0.0310. The van der Waals surface area contributed by atoms with E-state index in [4.69, 9.17) is 5.73 Å². The summed E-state index contributed by atoms with van der Waals surface area (Å²) < 4.78 is 0. The number of amides is 2. The summed E-state index contributed by atoms with van der Waals surface area (Å²) in [7, 11) is 0. The normalized spacial score (nSPS) is 45.0. The van der Waals surface area contributed by atoms with Crippen molar-refractivity contribution in [3.05, 3.63) is 0 Å². The third-order valence-corrected chi connectivity index (χ3v) is 6.81. The van der Waals surface area contributed by atoms with Crippen molar-refractivity contribution < 1.29 is 9.90 Å². The first-order valence-corrected chi connectivity index (χ1v) is 8.57. The van der Waals surface area contributed by atoms with Gasteiger partial charge in [-0.25, -0.2) is 4.79 Å². The van der Waals surface area contributed by atoms with Crippen LogP contribution in [0, 0.1) is 11.8 Å². The topological polar surface area (TPSA) is 78.6 Å². The summed E-state index contributed by atoms with van der Waals surface area (Å²) >= 11 is 0. The van der Waals surface area contributed by atoms with Crippen LogP contribution in [0.15, 0.2) is 0 Å². The molecule has 5 heteroatoms. The van der Waals surface area contributed by atoms with E-state index >= 15 is 0 Å². The van der Waals surface area contributed by atoms with E-state index in [-0.39, 0.29) is 17.1 Å². The number of hydrogen-bond donors (Lipinski definition) is 3. The van der Waals surface area contributed by atoms with Gasteiger partial charge in [0, 0.05) is 11.1 Å². The average Bonchev–Trinajstić information content (AvgIpc) is 3.16. The third kappa shape index (κ3) is 2.08. The lowest BCUT2D eigenvalue weighted by Gasteiger charge is -2.43. The van der Waals surface area contributed by atoms with Crippen molar-refractivity contribution in [1.29, 1.82) is 0 Å². The van der Waals surface area contributed by atoms with Gasteiger partial charge in [0.05, 0.1) is 0 Å². The molecule has 2 amide bonds. The van der Waals surface area contributed by atoms with Crippen LogP contribution in [0.5, 0.6) is 0 Å². The third-order valence-electron chi connectivity index (χ3n) is 6.81. The zero-order valence-electron chi connectivity index (χ0n) is 12.7. The highest BCUT2D eigenvalue weighted by molar-refractivity contribution is 5.76. The number of hydrogen-bond acceptors (Lipinski definition) is 3. The molecule has 5 nitrogen and oxygen atoms in total. The molecule has 4 fully saturated rings. The summed E-state index contributed by atoms with van der Waals surface area (Å²) in [4.78, 5) is 14.5. The summed E-state index contributed by atoms with van der Waals surface area (Å²) in [6.07, 6.45) is 9.93. The predicted octanol–water partition coefficient (Wildman–Crippen LogP) is 1.90. The number of nitrogens with one attached hydrogen (secondary N) is 1. The molecule has 1 unspecified atom stereocenters. The van der Waals surface area contributed by atoms with Gasteiger partial charge in [0.2, 0.25) is 0 Å². The lowest BCUT2D eigenvalue weighted by Crippen LogP contribution is -2.63. The van der Waals surface area contributed by atoms with E-state index in [1.807, 2.05) is 0 Å². The molecule has 21 heavy (non-hydrogen) atoms. The second-order valence-electron chi connectivity index (χ2n) is 8.01. The van der Waals surface area contributed by atoms with Gasteiger partial charge >= 0.3 is 6.03 Å². The van der Waals surface area contributed by atoms with Gasteiger partial charge < -0.3 is 10.4 Å². The average molecular weight is 293 g/mol. The fourth-order valence-electron chi connectivity index (χ4n) is 5.77. The molecule has 0 aliphatic heterocycles. The Kier molecular flexibility index (Phi) is 3.02. The first kappa shape index (κ1) is 13.8. The van der Waals surface area contributed by atoms with E-state index < -0.39 is 6.35 Å². The lowest BCUT2D eigenvalue weighted by atomic mass is 9.91. The molecule has 4 aliphatic rings. The standard InChI is InChI=1S/C16H27N3O2/c17-13(20)19(16-7-3-12(10-16)4-8-16)14(21)18-15-5-1-11(9-15)2-6-15/h11-13,20H,1-10,17H2,(H,18,21). The molecule has 0 heterocycles. The molecule has 0 radical (unpaired) electrons. The van der Waals surface area contributed by atoms with E-state index in [0.717, 1.165) is 50.4 Å². The Labute approximate surface area is 126 Å².